The van der Waals surface area contributed by atoms with Crippen molar-refractivity contribution < 1.29 is 18.3 Å². The van der Waals surface area contributed by atoms with E-state index in [0.717, 1.165) is 24.9 Å². The lowest BCUT2D eigenvalue weighted by Crippen LogP contribution is -2.31. The Kier molecular flexibility index (Phi) is 5.40. The predicted octanol–water partition coefficient (Wildman–Crippen LogP) is 3.05. The molecule has 4 aromatic heterocycles. The smallest absolute Gasteiger partial charge is 0.404 e. The van der Waals surface area contributed by atoms with Crippen LogP contribution in [0.2, 0.25) is 0 Å². The van der Waals surface area contributed by atoms with Crippen molar-refractivity contribution in [2.45, 2.75) is 18.9 Å². The highest BCUT2D eigenvalue weighted by Crippen LogP contribution is 2.34. The van der Waals surface area contributed by atoms with Crippen LogP contribution in [0.5, 0.6) is 5.75 Å². The van der Waals surface area contributed by atoms with Gasteiger partial charge in [0.25, 0.3) is 5.56 Å². The van der Waals surface area contributed by atoms with E-state index in [2.05, 4.69) is 20.4 Å². The van der Waals surface area contributed by atoms with Gasteiger partial charge < -0.3 is 14.2 Å². The summed E-state index contributed by atoms with van der Waals surface area (Å²) in [6.45, 7) is 0.620. The van der Waals surface area contributed by atoms with Crippen LogP contribution in [0.25, 0.3) is 5.65 Å². The molecular weight excluding hydrogens is 448 g/mol. The number of hydrogen-bond donors (Lipinski definition) is 1. The Balaban J connectivity index is 1.42. The lowest BCUT2D eigenvalue weighted by Gasteiger charge is -2.26. The molecule has 174 valence electrons. The number of fused-ring (bicyclic) bond motifs is 1. The van der Waals surface area contributed by atoms with Gasteiger partial charge in [-0.05, 0) is 37.1 Å². The van der Waals surface area contributed by atoms with Gasteiger partial charge in [0.2, 0.25) is 5.65 Å². The molecule has 1 N–H and O–H groups in total. The number of halogens is 2. The molecule has 10 nitrogen and oxygen atoms in total. The van der Waals surface area contributed by atoms with Crippen molar-refractivity contribution in [1.82, 2.24) is 24.1 Å². The predicted molar refractivity (Wildman–Crippen MR) is 118 cm³/mol. The SMILES string of the molecule is Cn1cc(F)cc([C@H]2CCCN2c2ccn3ncc(OC(=O)Nc4ccc(F)cn4)c3n2)c1=O. The first-order chi connectivity index (χ1) is 16.4. The normalized spacial score (nSPS) is 15.6. The van der Waals surface area contributed by atoms with Crippen molar-refractivity contribution in [2.24, 2.45) is 7.05 Å². The second-order valence-corrected chi connectivity index (χ2v) is 7.82. The monoisotopic (exact) mass is 467 g/mol. The first-order valence-corrected chi connectivity index (χ1v) is 10.5. The number of pyridine rings is 2. The van der Waals surface area contributed by atoms with E-state index >= 15 is 0 Å². The summed E-state index contributed by atoms with van der Waals surface area (Å²) in [6.07, 6.45) is 5.74. The fourth-order valence-corrected chi connectivity index (χ4v) is 4.05. The van der Waals surface area contributed by atoms with Gasteiger partial charge in [-0.25, -0.2) is 28.1 Å². The number of carbonyl (C=O) groups is 1. The highest BCUT2D eigenvalue weighted by molar-refractivity contribution is 5.86. The number of carbonyl (C=O) groups excluding carboxylic acids is 1. The van der Waals surface area contributed by atoms with Gasteiger partial charge in [0.15, 0.2) is 5.75 Å². The molecule has 34 heavy (non-hydrogen) atoms. The molecule has 1 aliphatic rings. The number of aromatic nitrogens is 5. The zero-order chi connectivity index (χ0) is 23.8. The summed E-state index contributed by atoms with van der Waals surface area (Å²) >= 11 is 0. The maximum atomic E-state index is 14.0. The topological polar surface area (TPSA) is 107 Å². The van der Waals surface area contributed by atoms with E-state index < -0.39 is 17.7 Å². The minimum Gasteiger partial charge on any atom is -0.404 e. The van der Waals surface area contributed by atoms with Gasteiger partial charge in [0.05, 0.1) is 18.4 Å². The molecule has 4 aromatic rings. The van der Waals surface area contributed by atoms with E-state index in [4.69, 9.17) is 4.74 Å². The Morgan fingerprint density at radius 3 is 2.85 bits per heavy atom. The molecule has 1 aliphatic heterocycles. The molecule has 0 aromatic carbocycles. The molecule has 1 saturated heterocycles. The minimum atomic E-state index is -0.844. The quantitative estimate of drug-likeness (QED) is 0.492. The number of aryl methyl sites for hydroxylation is 1. The van der Waals surface area contributed by atoms with Gasteiger partial charge in [0.1, 0.15) is 23.3 Å². The van der Waals surface area contributed by atoms with Crippen LogP contribution in [0.1, 0.15) is 24.4 Å². The van der Waals surface area contributed by atoms with Crippen LogP contribution in [-0.4, -0.2) is 36.8 Å². The molecule has 5 rings (SSSR count). The van der Waals surface area contributed by atoms with Crippen molar-refractivity contribution in [3.8, 4) is 5.75 Å². The standard InChI is InChI=1S/C22H19F2N7O3/c1-29-12-14(24)9-15(21(29)32)16-3-2-7-30(16)19-6-8-31-20(28-19)17(11-26-31)34-22(33)27-18-5-4-13(23)10-25-18/h4-6,8-12,16H,2-3,7H2,1H3,(H,25,27,33)/t16-/m1/s1. The summed E-state index contributed by atoms with van der Waals surface area (Å²) in [4.78, 5) is 35.2. The van der Waals surface area contributed by atoms with Crippen LogP contribution >= 0.6 is 0 Å². The first kappa shape index (κ1) is 21.5. The Hall–Kier alpha value is -4.35. The first-order valence-electron chi connectivity index (χ1n) is 10.5. The van der Waals surface area contributed by atoms with E-state index in [9.17, 15) is 18.4 Å². The molecule has 0 radical (unpaired) electrons. The van der Waals surface area contributed by atoms with Crippen LogP contribution in [0.4, 0.5) is 25.2 Å². The molecule has 0 bridgehead atoms. The lowest BCUT2D eigenvalue weighted by atomic mass is 10.1. The van der Waals surface area contributed by atoms with Crippen molar-refractivity contribution in [2.75, 3.05) is 16.8 Å². The zero-order valence-corrected chi connectivity index (χ0v) is 18.0. The summed E-state index contributed by atoms with van der Waals surface area (Å²) in [5.41, 5.74) is 0.370. The zero-order valence-electron chi connectivity index (χ0n) is 18.0. The Morgan fingerprint density at radius 1 is 1.21 bits per heavy atom. The third kappa shape index (κ3) is 4.05. The molecule has 5 heterocycles. The molecule has 0 aliphatic carbocycles. The van der Waals surface area contributed by atoms with Crippen LogP contribution in [0, 0.1) is 11.6 Å². The Bertz CT molecular complexity index is 1430. The number of anilines is 2. The summed E-state index contributed by atoms with van der Waals surface area (Å²) < 4.78 is 35.0. The molecule has 12 heteroatoms. The van der Waals surface area contributed by atoms with Crippen LogP contribution in [0.15, 0.2) is 53.8 Å². The van der Waals surface area contributed by atoms with E-state index in [1.807, 2.05) is 4.90 Å². The molecule has 0 spiro atoms. The Morgan fingerprint density at radius 2 is 2.06 bits per heavy atom. The number of amides is 1. The molecule has 1 amide bonds. The van der Waals surface area contributed by atoms with Crippen molar-refractivity contribution in [3.63, 3.8) is 0 Å². The number of rotatable bonds is 4. The lowest BCUT2D eigenvalue weighted by molar-refractivity contribution is 0.215. The van der Waals surface area contributed by atoms with E-state index in [-0.39, 0.29) is 28.8 Å². The van der Waals surface area contributed by atoms with Gasteiger partial charge in [-0.2, -0.15) is 5.10 Å². The number of nitrogens with zero attached hydrogens (tertiary/aromatic N) is 6. The average Bonchev–Trinajstić information content (AvgIpc) is 3.45. The second-order valence-electron chi connectivity index (χ2n) is 7.82. The van der Waals surface area contributed by atoms with Crippen LogP contribution in [0.3, 0.4) is 0 Å². The summed E-state index contributed by atoms with van der Waals surface area (Å²) in [5, 5.41) is 6.54. The van der Waals surface area contributed by atoms with Gasteiger partial charge in [-0.15, -0.1) is 0 Å². The van der Waals surface area contributed by atoms with Crippen LogP contribution < -0.4 is 20.5 Å². The van der Waals surface area contributed by atoms with Gasteiger partial charge in [-0.1, -0.05) is 0 Å². The van der Waals surface area contributed by atoms with E-state index in [1.54, 1.807) is 12.3 Å². The maximum Gasteiger partial charge on any atom is 0.418 e. The van der Waals surface area contributed by atoms with Gasteiger partial charge in [-0.3, -0.25) is 10.1 Å². The molecular formula is C22H19F2N7O3. The Labute approximate surface area is 191 Å². The third-order valence-electron chi connectivity index (χ3n) is 5.57. The fraction of sp³-hybridized carbons (Fsp3) is 0.227. The molecule has 1 atom stereocenters. The number of nitrogens with one attached hydrogen (secondary N) is 1. The average molecular weight is 467 g/mol. The molecule has 1 fully saturated rings. The van der Waals surface area contributed by atoms with E-state index in [0.29, 0.717) is 24.3 Å². The highest BCUT2D eigenvalue weighted by Gasteiger charge is 2.30. The maximum absolute atomic E-state index is 14.0. The van der Waals surface area contributed by atoms with Crippen molar-refractivity contribution >= 4 is 23.4 Å². The number of ether oxygens (including phenoxy) is 1. The highest BCUT2D eigenvalue weighted by atomic mass is 19.1. The molecule has 0 unspecified atom stereocenters. The van der Waals surface area contributed by atoms with Crippen molar-refractivity contribution in [3.05, 3.63) is 76.6 Å². The number of hydrogen-bond acceptors (Lipinski definition) is 7. The van der Waals surface area contributed by atoms with Crippen LogP contribution in [-0.2, 0) is 7.05 Å². The van der Waals surface area contributed by atoms with Gasteiger partial charge in [0, 0.05) is 31.5 Å². The summed E-state index contributed by atoms with van der Waals surface area (Å²) in [6, 6.07) is 5.11. The van der Waals surface area contributed by atoms with Gasteiger partial charge >= 0.3 is 6.09 Å². The third-order valence-corrected chi connectivity index (χ3v) is 5.57. The van der Waals surface area contributed by atoms with E-state index in [1.165, 1.54) is 34.5 Å². The minimum absolute atomic E-state index is 0.0962. The fourth-order valence-electron chi connectivity index (χ4n) is 4.05. The summed E-state index contributed by atoms with van der Waals surface area (Å²) in [7, 11) is 1.51. The van der Waals surface area contributed by atoms with Crippen molar-refractivity contribution in [1.29, 1.82) is 0 Å². The second kappa shape index (κ2) is 8.54. The molecule has 0 saturated carbocycles. The largest absolute Gasteiger partial charge is 0.418 e. The summed E-state index contributed by atoms with van der Waals surface area (Å²) in [5.74, 6) is -0.269.